The number of hydrogen-bond acceptors (Lipinski definition) is 5. The van der Waals surface area contributed by atoms with Crippen LogP contribution in [0.15, 0.2) is 24.3 Å². The zero-order valence-electron chi connectivity index (χ0n) is 12.5. The fraction of sp³-hybridized carbons (Fsp3) is 0.400. The van der Waals surface area contributed by atoms with Gasteiger partial charge in [0.15, 0.2) is 18.2 Å². The van der Waals surface area contributed by atoms with Crippen molar-refractivity contribution in [3.8, 4) is 5.75 Å². The molecular formula is C15H18FN3O2S. The average Bonchev–Trinajstić information content (AvgIpc) is 2.96. The van der Waals surface area contributed by atoms with E-state index in [9.17, 15) is 9.18 Å². The number of amides is 1. The SMILES string of the molecule is CCC(CC)c1nnc(NC(=O)COc2ccccc2F)s1. The number of carbonyl (C=O) groups is 1. The summed E-state index contributed by atoms with van der Waals surface area (Å²) in [6, 6.07) is 5.95. The maximum atomic E-state index is 13.4. The van der Waals surface area contributed by atoms with Gasteiger partial charge in [-0.25, -0.2) is 4.39 Å². The number of benzene rings is 1. The summed E-state index contributed by atoms with van der Waals surface area (Å²) in [4.78, 5) is 11.8. The second-order valence-electron chi connectivity index (χ2n) is 4.73. The van der Waals surface area contributed by atoms with E-state index in [0.717, 1.165) is 17.8 Å². The van der Waals surface area contributed by atoms with Crippen LogP contribution in [0.5, 0.6) is 5.75 Å². The molecule has 0 aliphatic heterocycles. The molecule has 0 aliphatic carbocycles. The molecule has 2 aromatic rings. The number of rotatable bonds is 7. The monoisotopic (exact) mass is 323 g/mol. The molecule has 7 heteroatoms. The Morgan fingerprint density at radius 2 is 2.05 bits per heavy atom. The minimum Gasteiger partial charge on any atom is -0.481 e. The minimum absolute atomic E-state index is 0.0487. The van der Waals surface area contributed by atoms with Gasteiger partial charge in [-0.05, 0) is 25.0 Å². The molecule has 0 bridgehead atoms. The van der Waals surface area contributed by atoms with E-state index in [4.69, 9.17) is 4.74 Å². The Labute approximate surface area is 132 Å². The van der Waals surface area contributed by atoms with E-state index in [1.165, 1.54) is 23.5 Å². The zero-order valence-corrected chi connectivity index (χ0v) is 13.3. The summed E-state index contributed by atoms with van der Waals surface area (Å²) in [6.45, 7) is 3.91. The summed E-state index contributed by atoms with van der Waals surface area (Å²) in [5, 5.41) is 12.0. The first-order valence-electron chi connectivity index (χ1n) is 7.14. The molecule has 1 N–H and O–H groups in total. The standard InChI is InChI=1S/C15H18FN3O2S/c1-3-10(4-2)14-18-19-15(22-14)17-13(20)9-21-12-8-6-5-7-11(12)16/h5-8,10H,3-4,9H2,1-2H3,(H,17,19,20). The highest BCUT2D eigenvalue weighted by Crippen LogP contribution is 2.28. The van der Waals surface area contributed by atoms with E-state index in [1.807, 2.05) is 0 Å². The van der Waals surface area contributed by atoms with Crippen molar-refractivity contribution in [3.63, 3.8) is 0 Å². The van der Waals surface area contributed by atoms with Gasteiger partial charge in [-0.3, -0.25) is 10.1 Å². The van der Waals surface area contributed by atoms with Gasteiger partial charge in [-0.2, -0.15) is 0 Å². The summed E-state index contributed by atoms with van der Waals surface area (Å²) in [7, 11) is 0. The third-order valence-corrected chi connectivity index (χ3v) is 4.22. The van der Waals surface area contributed by atoms with Crippen LogP contribution in [0.3, 0.4) is 0 Å². The van der Waals surface area contributed by atoms with Crippen LogP contribution in [0.25, 0.3) is 0 Å². The Kier molecular flexibility index (Phi) is 5.83. The van der Waals surface area contributed by atoms with Crippen molar-refractivity contribution < 1.29 is 13.9 Å². The molecule has 0 unspecified atom stereocenters. The third-order valence-electron chi connectivity index (χ3n) is 3.22. The van der Waals surface area contributed by atoms with Crippen molar-refractivity contribution in [3.05, 3.63) is 35.1 Å². The van der Waals surface area contributed by atoms with Gasteiger partial charge in [-0.1, -0.05) is 37.3 Å². The Morgan fingerprint density at radius 1 is 1.32 bits per heavy atom. The molecular weight excluding hydrogens is 305 g/mol. The molecule has 1 amide bonds. The second kappa shape index (κ2) is 7.84. The lowest BCUT2D eigenvalue weighted by Crippen LogP contribution is -2.20. The number of carbonyl (C=O) groups excluding carboxylic acids is 1. The number of ether oxygens (including phenoxy) is 1. The van der Waals surface area contributed by atoms with Gasteiger partial charge in [0.05, 0.1) is 0 Å². The lowest BCUT2D eigenvalue weighted by molar-refractivity contribution is -0.118. The lowest BCUT2D eigenvalue weighted by Gasteiger charge is -2.06. The van der Waals surface area contributed by atoms with Gasteiger partial charge in [0.1, 0.15) is 5.01 Å². The van der Waals surface area contributed by atoms with Gasteiger partial charge < -0.3 is 4.74 Å². The molecule has 0 atom stereocenters. The number of nitrogens with one attached hydrogen (secondary N) is 1. The van der Waals surface area contributed by atoms with Gasteiger partial charge >= 0.3 is 0 Å². The zero-order chi connectivity index (χ0) is 15.9. The first kappa shape index (κ1) is 16.4. The average molecular weight is 323 g/mol. The van der Waals surface area contributed by atoms with Gasteiger partial charge in [0.2, 0.25) is 5.13 Å². The predicted octanol–water partition coefficient (Wildman–Crippen LogP) is 3.60. The highest BCUT2D eigenvalue weighted by atomic mass is 32.1. The van der Waals surface area contributed by atoms with Gasteiger partial charge in [-0.15, -0.1) is 10.2 Å². The summed E-state index contributed by atoms with van der Waals surface area (Å²) >= 11 is 1.36. The smallest absolute Gasteiger partial charge is 0.264 e. The molecule has 2 rings (SSSR count). The summed E-state index contributed by atoms with van der Waals surface area (Å²) < 4.78 is 18.5. The maximum absolute atomic E-state index is 13.4. The molecule has 1 aromatic carbocycles. The summed E-state index contributed by atoms with van der Waals surface area (Å²) in [5.41, 5.74) is 0. The van der Waals surface area contributed by atoms with Gasteiger partial charge in [0.25, 0.3) is 5.91 Å². The van der Waals surface area contributed by atoms with Crippen LogP contribution in [0.2, 0.25) is 0 Å². The Bertz CT molecular complexity index is 629. The minimum atomic E-state index is -0.498. The van der Waals surface area contributed by atoms with Crippen molar-refractivity contribution in [2.45, 2.75) is 32.6 Å². The molecule has 5 nitrogen and oxygen atoms in total. The molecule has 1 aromatic heterocycles. The van der Waals surface area contributed by atoms with Crippen LogP contribution in [-0.2, 0) is 4.79 Å². The summed E-state index contributed by atoms with van der Waals surface area (Å²) in [6.07, 6.45) is 1.96. The Morgan fingerprint density at radius 3 is 2.73 bits per heavy atom. The number of anilines is 1. The third kappa shape index (κ3) is 4.24. The van der Waals surface area contributed by atoms with Crippen LogP contribution in [-0.4, -0.2) is 22.7 Å². The number of para-hydroxylation sites is 1. The van der Waals surface area contributed by atoms with Crippen LogP contribution in [0.4, 0.5) is 9.52 Å². The topological polar surface area (TPSA) is 64.1 Å². The molecule has 1 heterocycles. The van der Waals surface area contributed by atoms with E-state index >= 15 is 0 Å². The van der Waals surface area contributed by atoms with E-state index < -0.39 is 11.7 Å². The van der Waals surface area contributed by atoms with Crippen molar-refractivity contribution in [1.82, 2.24) is 10.2 Å². The Hall–Kier alpha value is -2.02. The second-order valence-corrected chi connectivity index (χ2v) is 5.74. The quantitative estimate of drug-likeness (QED) is 0.845. The molecule has 22 heavy (non-hydrogen) atoms. The van der Waals surface area contributed by atoms with Crippen LogP contribution < -0.4 is 10.1 Å². The predicted molar refractivity (Wildman–Crippen MR) is 83.8 cm³/mol. The molecule has 0 aliphatic rings. The normalized spacial score (nSPS) is 10.7. The maximum Gasteiger partial charge on any atom is 0.264 e. The molecule has 0 saturated carbocycles. The van der Waals surface area contributed by atoms with Crippen LogP contribution >= 0.6 is 11.3 Å². The van der Waals surface area contributed by atoms with Gasteiger partial charge in [0, 0.05) is 5.92 Å². The largest absolute Gasteiger partial charge is 0.481 e. The number of nitrogens with zero attached hydrogens (tertiary/aromatic N) is 2. The van der Waals surface area contributed by atoms with E-state index in [1.54, 1.807) is 12.1 Å². The van der Waals surface area contributed by atoms with Crippen molar-refractivity contribution in [2.75, 3.05) is 11.9 Å². The fourth-order valence-electron chi connectivity index (χ4n) is 1.95. The van der Waals surface area contributed by atoms with Crippen molar-refractivity contribution in [1.29, 1.82) is 0 Å². The number of hydrogen-bond donors (Lipinski definition) is 1. The highest BCUT2D eigenvalue weighted by molar-refractivity contribution is 7.15. The van der Waals surface area contributed by atoms with Crippen molar-refractivity contribution in [2.24, 2.45) is 0 Å². The van der Waals surface area contributed by atoms with E-state index in [-0.39, 0.29) is 12.4 Å². The molecule has 0 fully saturated rings. The molecule has 0 saturated heterocycles. The van der Waals surface area contributed by atoms with Crippen LogP contribution in [0.1, 0.15) is 37.6 Å². The van der Waals surface area contributed by atoms with E-state index in [2.05, 4.69) is 29.4 Å². The first-order valence-corrected chi connectivity index (χ1v) is 7.96. The molecule has 0 radical (unpaired) electrons. The number of halogens is 1. The number of aromatic nitrogens is 2. The van der Waals surface area contributed by atoms with E-state index in [0.29, 0.717) is 11.0 Å². The lowest BCUT2D eigenvalue weighted by atomic mass is 10.1. The summed E-state index contributed by atoms with van der Waals surface area (Å²) in [5.74, 6) is -0.483. The first-order chi connectivity index (χ1) is 10.6. The van der Waals surface area contributed by atoms with Crippen LogP contribution in [0, 0.1) is 5.82 Å². The van der Waals surface area contributed by atoms with Crippen molar-refractivity contribution >= 4 is 22.4 Å². The molecule has 118 valence electrons. The highest BCUT2D eigenvalue weighted by Gasteiger charge is 2.15. The fourth-order valence-corrected chi connectivity index (χ4v) is 2.97. The Balaban J connectivity index is 1.88. The molecule has 0 spiro atoms.